The van der Waals surface area contributed by atoms with E-state index in [-0.39, 0.29) is 12.8 Å². The van der Waals surface area contributed by atoms with Crippen LogP contribution in [0, 0.1) is 0 Å². The predicted molar refractivity (Wildman–Crippen MR) is 93.1 cm³/mol. The number of nitrogens with one attached hydrogen (secondary N) is 1. The van der Waals surface area contributed by atoms with Gasteiger partial charge in [-0.15, -0.1) is 0 Å². The van der Waals surface area contributed by atoms with Crippen molar-refractivity contribution in [1.82, 2.24) is 5.32 Å². The van der Waals surface area contributed by atoms with Crippen molar-refractivity contribution in [3.8, 4) is 5.75 Å². The smallest absolute Gasteiger partial charge is 0.189 e. The molecule has 1 atom stereocenters. The van der Waals surface area contributed by atoms with Crippen LogP contribution in [-0.2, 0) is 17.9 Å². The second-order valence-corrected chi connectivity index (χ2v) is 6.43. The highest BCUT2D eigenvalue weighted by atomic mass is 35.5. The molecule has 0 bridgehead atoms. The van der Waals surface area contributed by atoms with Crippen LogP contribution in [0.2, 0.25) is 10.0 Å². The fourth-order valence-electron chi connectivity index (χ4n) is 2.81. The lowest BCUT2D eigenvalue weighted by molar-refractivity contribution is -0.0171. The van der Waals surface area contributed by atoms with Gasteiger partial charge in [0.1, 0.15) is 5.75 Å². The Morgan fingerprint density at radius 2 is 1.91 bits per heavy atom. The van der Waals surface area contributed by atoms with Crippen molar-refractivity contribution in [3.05, 3.63) is 63.1 Å². The summed E-state index contributed by atoms with van der Waals surface area (Å²) in [5.74, 6) is 0.888. The van der Waals surface area contributed by atoms with Gasteiger partial charge in [-0.3, -0.25) is 0 Å². The van der Waals surface area contributed by atoms with Gasteiger partial charge in [-0.25, -0.2) is 0 Å². The Morgan fingerprint density at radius 1 is 1.13 bits per heavy atom. The zero-order valence-corrected chi connectivity index (χ0v) is 14.5. The van der Waals surface area contributed by atoms with E-state index in [2.05, 4.69) is 24.4 Å². The molecular formula is C18H19Cl2NO2. The molecule has 3 nitrogen and oxygen atoms in total. The van der Waals surface area contributed by atoms with E-state index in [1.807, 2.05) is 24.3 Å². The molecule has 0 fully saturated rings. The molecule has 0 aromatic heterocycles. The average molecular weight is 352 g/mol. The molecule has 0 spiro atoms. The Kier molecular flexibility index (Phi) is 5.44. The van der Waals surface area contributed by atoms with Crippen molar-refractivity contribution < 1.29 is 9.47 Å². The van der Waals surface area contributed by atoms with Gasteiger partial charge in [0.15, 0.2) is 6.79 Å². The summed E-state index contributed by atoms with van der Waals surface area (Å²) in [7, 11) is 0. The maximum absolute atomic E-state index is 6.21. The Bertz CT molecular complexity index is 673. The minimum atomic E-state index is 0.252. The van der Waals surface area contributed by atoms with E-state index in [0.29, 0.717) is 18.2 Å². The molecule has 1 aliphatic rings. The SMILES string of the molecule is CCC(NCc1cc(Cl)cc2c1OCOC2)c1ccc(Cl)cc1. The van der Waals surface area contributed by atoms with Crippen LogP contribution in [0.4, 0.5) is 0 Å². The van der Waals surface area contributed by atoms with Gasteiger partial charge in [0.05, 0.1) is 6.61 Å². The molecule has 0 saturated heterocycles. The van der Waals surface area contributed by atoms with E-state index < -0.39 is 0 Å². The summed E-state index contributed by atoms with van der Waals surface area (Å²) in [6.45, 7) is 3.67. The molecule has 0 radical (unpaired) electrons. The van der Waals surface area contributed by atoms with Crippen LogP contribution in [0.5, 0.6) is 5.75 Å². The van der Waals surface area contributed by atoms with Gasteiger partial charge in [0, 0.05) is 33.8 Å². The van der Waals surface area contributed by atoms with E-state index in [9.17, 15) is 0 Å². The van der Waals surface area contributed by atoms with E-state index in [1.54, 1.807) is 0 Å². The number of hydrogen-bond acceptors (Lipinski definition) is 3. The third kappa shape index (κ3) is 3.99. The highest BCUT2D eigenvalue weighted by Crippen LogP contribution is 2.32. The molecule has 0 aliphatic carbocycles. The number of benzene rings is 2. The second-order valence-electron chi connectivity index (χ2n) is 5.56. The zero-order chi connectivity index (χ0) is 16.2. The van der Waals surface area contributed by atoms with Gasteiger partial charge in [-0.2, -0.15) is 0 Å². The molecule has 122 valence electrons. The average Bonchev–Trinajstić information content (AvgIpc) is 2.56. The molecule has 5 heteroatoms. The van der Waals surface area contributed by atoms with Crippen molar-refractivity contribution in [3.63, 3.8) is 0 Å². The summed E-state index contributed by atoms with van der Waals surface area (Å²) in [5.41, 5.74) is 3.28. The molecular weight excluding hydrogens is 333 g/mol. The maximum Gasteiger partial charge on any atom is 0.189 e. The topological polar surface area (TPSA) is 30.5 Å². The highest BCUT2D eigenvalue weighted by molar-refractivity contribution is 6.31. The van der Waals surface area contributed by atoms with Gasteiger partial charge in [0.25, 0.3) is 0 Å². The lowest BCUT2D eigenvalue weighted by atomic mass is 10.0. The Balaban J connectivity index is 1.76. The van der Waals surface area contributed by atoms with Gasteiger partial charge < -0.3 is 14.8 Å². The maximum atomic E-state index is 6.21. The van der Waals surface area contributed by atoms with Crippen molar-refractivity contribution in [2.45, 2.75) is 32.5 Å². The third-order valence-corrected chi connectivity index (χ3v) is 4.44. The number of ether oxygens (including phenoxy) is 2. The van der Waals surface area contributed by atoms with E-state index in [0.717, 1.165) is 28.3 Å². The lowest BCUT2D eigenvalue weighted by Crippen LogP contribution is -2.22. The van der Waals surface area contributed by atoms with Crippen molar-refractivity contribution in [2.75, 3.05) is 6.79 Å². The molecule has 1 heterocycles. The fourth-order valence-corrected chi connectivity index (χ4v) is 3.20. The van der Waals surface area contributed by atoms with Crippen LogP contribution < -0.4 is 10.1 Å². The summed E-state index contributed by atoms with van der Waals surface area (Å²) >= 11 is 12.2. The van der Waals surface area contributed by atoms with Crippen LogP contribution in [0.3, 0.4) is 0 Å². The zero-order valence-electron chi connectivity index (χ0n) is 12.9. The van der Waals surface area contributed by atoms with Crippen LogP contribution in [0.25, 0.3) is 0 Å². The lowest BCUT2D eigenvalue weighted by Gasteiger charge is -2.23. The number of rotatable bonds is 5. The van der Waals surface area contributed by atoms with E-state index in [1.165, 1.54) is 5.56 Å². The standard InChI is InChI=1S/C18H19Cl2NO2/c1-2-17(12-3-5-15(19)6-4-12)21-9-13-7-16(20)8-14-10-22-11-23-18(13)14/h3-8,17,21H,2,9-11H2,1H3. The molecule has 2 aromatic carbocycles. The summed E-state index contributed by atoms with van der Waals surface area (Å²) in [6.07, 6.45) is 0.981. The van der Waals surface area contributed by atoms with Gasteiger partial charge in [-0.05, 0) is 36.2 Å². The molecule has 3 rings (SSSR count). The molecule has 2 aromatic rings. The molecule has 1 N–H and O–H groups in total. The number of fused-ring (bicyclic) bond motifs is 1. The minimum Gasteiger partial charge on any atom is -0.467 e. The quantitative estimate of drug-likeness (QED) is 0.812. The molecule has 0 amide bonds. The summed E-state index contributed by atoms with van der Waals surface area (Å²) in [5, 5.41) is 5.03. The van der Waals surface area contributed by atoms with E-state index in [4.69, 9.17) is 32.7 Å². The highest BCUT2D eigenvalue weighted by Gasteiger charge is 2.17. The first-order valence-corrected chi connectivity index (χ1v) is 8.43. The first-order valence-electron chi connectivity index (χ1n) is 7.68. The predicted octanol–water partition coefficient (Wildman–Crippen LogP) is 5.10. The molecule has 1 aliphatic heterocycles. The Labute approximate surface area is 146 Å². The van der Waals surface area contributed by atoms with Crippen LogP contribution in [0.15, 0.2) is 36.4 Å². The largest absolute Gasteiger partial charge is 0.467 e. The van der Waals surface area contributed by atoms with Gasteiger partial charge in [-0.1, -0.05) is 42.3 Å². The van der Waals surface area contributed by atoms with Gasteiger partial charge in [0.2, 0.25) is 0 Å². The third-order valence-electron chi connectivity index (χ3n) is 3.97. The summed E-state index contributed by atoms with van der Waals surface area (Å²) in [6, 6.07) is 12.1. The minimum absolute atomic E-state index is 0.252. The fraction of sp³-hybridized carbons (Fsp3) is 0.333. The van der Waals surface area contributed by atoms with Crippen LogP contribution in [-0.4, -0.2) is 6.79 Å². The first kappa shape index (κ1) is 16.6. The Hall–Kier alpha value is -1.26. The number of halogens is 2. The van der Waals surface area contributed by atoms with Crippen molar-refractivity contribution in [1.29, 1.82) is 0 Å². The summed E-state index contributed by atoms with van der Waals surface area (Å²) in [4.78, 5) is 0. The first-order chi connectivity index (χ1) is 11.2. The number of hydrogen-bond donors (Lipinski definition) is 1. The monoisotopic (exact) mass is 351 g/mol. The summed E-state index contributed by atoms with van der Waals surface area (Å²) < 4.78 is 11.0. The van der Waals surface area contributed by atoms with E-state index >= 15 is 0 Å². The molecule has 0 saturated carbocycles. The van der Waals surface area contributed by atoms with Gasteiger partial charge >= 0.3 is 0 Å². The second kappa shape index (κ2) is 7.54. The van der Waals surface area contributed by atoms with Crippen LogP contribution in [0.1, 0.15) is 36.1 Å². The molecule has 23 heavy (non-hydrogen) atoms. The normalized spacial score (nSPS) is 14.9. The van der Waals surface area contributed by atoms with Crippen LogP contribution >= 0.6 is 23.2 Å². The Morgan fingerprint density at radius 3 is 2.65 bits per heavy atom. The molecule has 1 unspecified atom stereocenters. The van der Waals surface area contributed by atoms with Crippen molar-refractivity contribution >= 4 is 23.2 Å². The van der Waals surface area contributed by atoms with Crippen molar-refractivity contribution in [2.24, 2.45) is 0 Å².